The minimum Gasteiger partial charge on any atom is -0.305 e. The van der Waals surface area contributed by atoms with Crippen molar-refractivity contribution >= 4 is 66.8 Å². The van der Waals surface area contributed by atoms with Crippen LogP contribution in [-0.2, 0) is 0 Å². The standard InChI is InChI=1S/C50H30Cl2N6/c51-39-25-40(52)46(58-49-29-55-43(33-17-9-3-10-18-33)23-37(49)38-24-44(56-30-50(38)58)34-19-11-4-12-20-34)26-45(39)57-47-27-53-41(31-13-5-1-6-14-31)21-35(47)36-22-42(54-28-48(36)57)32-15-7-2-8-16-32/h1-30H. The molecule has 0 atom stereocenters. The molecule has 8 heteroatoms. The van der Waals surface area contributed by atoms with Gasteiger partial charge in [-0.3, -0.25) is 19.9 Å². The SMILES string of the molecule is Clc1cc(Cl)c(-n2c3cnc(-c4ccccc4)cc3c3cc(-c4ccccc4)ncc32)cc1-n1c2cnc(-c3ccccc3)cc2c2cc(-c3ccccc3)ncc21. The molecule has 11 aromatic rings. The largest absolute Gasteiger partial charge is 0.305 e. The van der Waals surface area contributed by atoms with Gasteiger partial charge in [-0.2, -0.15) is 0 Å². The third-order valence-corrected chi connectivity index (χ3v) is 11.5. The zero-order valence-corrected chi connectivity index (χ0v) is 32.3. The van der Waals surface area contributed by atoms with Crippen molar-refractivity contribution in [2.75, 3.05) is 0 Å². The second-order valence-electron chi connectivity index (χ2n) is 14.2. The number of hydrogen-bond donors (Lipinski definition) is 0. The highest BCUT2D eigenvalue weighted by Crippen LogP contribution is 2.42. The second-order valence-corrected chi connectivity index (χ2v) is 15.1. The van der Waals surface area contributed by atoms with Gasteiger partial charge < -0.3 is 9.13 Å². The number of halogens is 2. The highest BCUT2D eigenvalue weighted by Gasteiger charge is 2.22. The van der Waals surface area contributed by atoms with Crippen molar-refractivity contribution < 1.29 is 0 Å². The summed E-state index contributed by atoms with van der Waals surface area (Å²) in [7, 11) is 0. The Morgan fingerprint density at radius 1 is 0.310 bits per heavy atom. The monoisotopic (exact) mass is 784 g/mol. The van der Waals surface area contributed by atoms with Crippen LogP contribution in [0.1, 0.15) is 0 Å². The summed E-state index contributed by atoms with van der Waals surface area (Å²) in [5.41, 5.74) is 12.7. The van der Waals surface area contributed by atoms with E-state index in [4.69, 9.17) is 43.1 Å². The number of pyridine rings is 4. The molecule has 0 amide bonds. The molecule has 0 aliphatic heterocycles. The van der Waals surface area contributed by atoms with E-state index >= 15 is 0 Å². The van der Waals surface area contributed by atoms with Crippen LogP contribution in [0.25, 0.3) is 100 Å². The molecular weight excluding hydrogens is 755 g/mol. The van der Waals surface area contributed by atoms with Crippen molar-refractivity contribution in [1.29, 1.82) is 0 Å². The van der Waals surface area contributed by atoms with E-state index in [0.717, 1.165) is 100 Å². The van der Waals surface area contributed by atoms with Crippen LogP contribution < -0.4 is 0 Å². The van der Waals surface area contributed by atoms with E-state index in [1.54, 1.807) is 0 Å². The Labute approximate surface area is 343 Å². The highest BCUT2D eigenvalue weighted by atomic mass is 35.5. The van der Waals surface area contributed by atoms with Gasteiger partial charge >= 0.3 is 0 Å². The Kier molecular flexibility index (Phi) is 8.14. The maximum atomic E-state index is 7.24. The Bertz CT molecular complexity index is 2930. The lowest BCUT2D eigenvalue weighted by Crippen LogP contribution is -2.02. The smallest absolute Gasteiger partial charge is 0.0726 e. The number of aromatic nitrogens is 6. The number of nitrogens with zero attached hydrogens (tertiary/aromatic N) is 6. The Hall–Kier alpha value is -7.12. The summed E-state index contributed by atoms with van der Waals surface area (Å²) < 4.78 is 4.28. The van der Waals surface area contributed by atoms with Crippen molar-refractivity contribution in [1.82, 2.24) is 29.1 Å². The fraction of sp³-hybridized carbons (Fsp3) is 0. The second kappa shape index (κ2) is 13.8. The molecule has 5 aromatic carbocycles. The summed E-state index contributed by atoms with van der Waals surface area (Å²) in [6.07, 6.45) is 7.70. The predicted molar refractivity (Wildman–Crippen MR) is 238 cm³/mol. The average molecular weight is 786 g/mol. The van der Waals surface area contributed by atoms with Crippen molar-refractivity contribution in [3.63, 3.8) is 0 Å². The molecule has 0 aliphatic carbocycles. The van der Waals surface area contributed by atoms with Crippen LogP contribution in [0, 0.1) is 0 Å². The van der Waals surface area contributed by atoms with Crippen LogP contribution in [0.5, 0.6) is 0 Å². The van der Waals surface area contributed by atoms with E-state index in [-0.39, 0.29) is 0 Å². The number of rotatable bonds is 6. The topological polar surface area (TPSA) is 61.4 Å². The molecule has 6 aromatic heterocycles. The van der Waals surface area contributed by atoms with E-state index in [1.165, 1.54) is 0 Å². The third-order valence-electron chi connectivity index (χ3n) is 10.9. The molecule has 0 fully saturated rings. The maximum Gasteiger partial charge on any atom is 0.0726 e. The molecule has 274 valence electrons. The molecule has 58 heavy (non-hydrogen) atoms. The molecule has 0 saturated heterocycles. The maximum absolute atomic E-state index is 7.24. The van der Waals surface area contributed by atoms with Crippen molar-refractivity contribution in [3.05, 3.63) is 193 Å². The summed E-state index contributed by atoms with van der Waals surface area (Å²) in [5.74, 6) is 0. The van der Waals surface area contributed by atoms with Crippen LogP contribution in [-0.4, -0.2) is 29.1 Å². The minimum atomic E-state index is 0.488. The van der Waals surface area contributed by atoms with E-state index in [0.29, 0.717) is 10.0 Å². The fourth-order valence-electron chi connectivity index (χ4n) is 8.08. The predicted octanol–water partition coefficient (Wildman–Crippen LogP) is 13.4. The van der Waals surface area contributed by atoms with Gasteiger partial charge in [0.05, 0.1) is 91.0 Å². The Morgan fingerprint density at radius 2 is 0.569 bits per heavy atom. The van der Waals surface area contributed by atoms with Gasteiger partial charge in [0.2, 0.25) is 0 Å². The molecule has 0 aliphatic rings. The highest BCUT2D eigenvalue weighted by molar-refractivity contribution is 6.37. The van der Waals surface area contributed by atoms with Crippen LogP contribution in [0.3, 0.4) is 0 Å². The summed E-state index contributed by atoms with van der Waals surface area (Å²) in [6.45, 7) is 0. The molecule has 0 N–H and O–H groups in total. The van der Waals surface area contributed by atoms with Crippen molar-refractivity contribution in [2.45, 2.75) is 0 Å². The lowest BCUT2D eigenvalue weighted by atomic mass is 10.1. The van der Waals surface area contributed by atoms with Gasteiger partial charge in [-0.15, -0.1) is 0 Å². The fourth-order valence-corrected chi connectivity index (χ4v) is 8.64. The van der Waals surface area contributed by atoms with Gasteiger partial charge in [0.1, 0.15) is 0 Å². The normalized spacial score (nSPS) is 11.6. The molecule has 0 unspecified atom stereocenters. The minimum absolute atomic E-state index is 0.488. The Balaban J connectivity index is 1.17. The van der Waals surface area contributed by atoms with Crippen LogP contribution in [0.4, 0.5) is 0 Å². The van der Waals surface area contributed by atoms with Crippen LogP contribution in [0.2, 0.25) is 10.0 Å². The quantitative estimate of drug-likeness (QED) is 0.168. The van der Waals surface area contributed by atoms with Crippen LogP contribution in [0.15, 0.2) is 183 Å². The van der Waals surface area contributed by atoms with Gasteiger partial charge in [0.25, 0.3) is 0 Å². The zero-order chi connectivity index (χ0) is 38.7. The average Bonchev–Trinajstić information content (AvgIpc) is 3.79. The first-order valence-electron chi connectivity index (χ1n) is 18.9. The number of benzene rings is 5. The van der Waals surface area contributed by atoms with Crippen molar-refractivity contribution in [2.24, 2.45) is 0 Å². The lowest BCUT2D eigenvalue weighted by Gasteiger charge is -2.16. The van der Waals surface area contributed by atoms with Gasteiger partial charge in [-0.1, -0.05) is 145 Å². The first kappa shape index (κ1) is 34.2. The summed E-state index contributed by atoms with van der Waals surface area (Å²) >= 11 is 14.5. The van der Waals surface area contributed by atoms with Gasteiger partial charge in [-0.05, 0) is 36.4 Å². The first-order valence-corrected chi connectivity index (χ1v) is 19.7. The van der Waals surface area contributed by atoms with Crippen molar-refractivity contribution in [3.8, 4) is 56.4 Å². The summed E-state index contributed by atoms with van der Waals surface area (Å²) in [5, 5.41) is 5.10. The summed E-state index contributed by atoms with van der Waals surface area (Å²) in [4.78, 5) is 19.9. The van der Waals surface area contributed by atoms with Gasteiger partial charge in [0, 0.05) is 43.8 Å². The van der Waals surface area contributed by atoms with Crippen LogP contribution >= 0.6 is 23.2 Å². The van der Waals surface area contributed by atoms with Gasteiger partial charge in [0.15, 0.2) is 0 Å². The summed E-state index contributed by atoms with van der Waals surface area (Å²) in [6, 6.07) is 53.4. The molecule has 11 rings (SSSR count). The molecule has 6 heterocycles. The first-order chi connectivity index (χ1) is 28.6. The molecule has 6 nitrogen and oxygen atoms in total. The molecule has 0 saturated carbocycles. The Morgan fingerprint density at radius 3 is 0.828 bits per heavy atom. The van der Waals surface area contributed by atoms with Gasteiger partial charge in [-0.25, -0.2) is 0 Å². The van der Waals surface area contributed by atoms with E-state index < -0.39 is 0 Å². The van der Waals surface area contributed by atoms with E-state index in [2.05, 4.69) is 88.0 Å². The third kappa shape index (κ3) is 5.65. The zero-order valence-electron chi connectivity index (χ0n) is 30.8. The lowest BCUT2D eigenvalue weighted by molar-refractivity contribution is 1.12. The number of fused-ring (bicyclic) bond motifs is 6. The molecule has 0 spiro atoms. The van der Waals surface area contributed by atoms with E-state index in [1.807, 2.05) is 104 Å². The molecular formula is C50H30Cl2N6. The molecule has 0 radical (unpaired) electrons. The number of hydrogen-bond acceptors (Lipinski definition) is 4. The molecule has 0 bridgehead atoms. The van der Waals surface area contributed by atoms with E-state index in [9.17, 15) is 0 Å².